The Morgan fingerprint density at radius 1 is 1.40 bits per heavy atom. The largest absolute Gasteiger partial charge is 0.394 e. The number of fused-ring (bicyclic) bond motifs is 1. The summed E-state index contributed by atoms with van der Waals surface area (Å²) in [5.41, 5.74) is 5.26. The molecule has 0 aliphatic carbocycles. The molecule has 1 saturated heterocycles. The minimum atomic E-state index is -1.09. The molecule has 1 aromatic carbocycles. The van der Waals surface area contributed by atoms with E-state index in [1.54, 1.807) is 18.2 Å². The van der Waals surface area contributed by atoms with Gasteiger partial charge in [-0.05, 0) is 16.9 Å². The molecule has 0 radical (unpaired) electrons. The predicted octanol–water partition coefficient (Wildman–Crippen LogP) is 0.670. The highest BCUT2D eigenvalue weighted by molar-refractivity contribution is 8.77. The lowest BCUT2D eigenvalue weighted by molar-refractivity contribution is -0.387. The number of nitrogens with zero attached hydrogens (tertiary/aromatic N) is 4. The summed E-state index contributed by atoms with van der Waals surface area (Å²) in [6, 6.07) is 6.23. The zero-order valence-electron chi connectivity index (χ0n) is 15.1. The number of aliphatic hydroxyl groups excluding tert-OH is 2. The molecular formula is C16H16N6O6S2. The van der Waals surface area contributed by atoms with Gasteiger partial charge < -0.3 is 20.7 Å². The van der Waals surface area contributed by atoms with E-state index in [0.717, 1.165) is 21.6 Å². The lowest BCUT2D eigenvalue weighted by atomic mass is 10.2. The summed E-state index contributed by atoms with van der Waals surface area (Å²) in [4.78, 5) is 33.7. The molecule has 12 nitrogen and oxygen atoms in total. The number of anilines is 1. The van der Waals surface area contributed by atoms with Crippen molar-refractivity contribution in [3.05, 3.63) is 51.1 Å². The number of hydrogen-bond acceptors (Lipinski definition) is 11. The van der Waals surface area contributed by atoms with E-state index in [1.807, 2.05) is 0 Å². The van der Waals surface area contributed by atoms with Gasteiger partial charge in [0.2, 0.25) is 5.95 Å². The summed E-state index contributed by atoms with van der Waals surface area (Å²) in [6.07, 6.45) is -1.49. The average Bonchev–Trinajstić information content (AvgIpc) is 3.27. The fourth-order valence-corrected chi connectivity index (χ4v) is 5.96. The normalized spacial score (nSPS) is 23.8. The van der Waals surface area contributed by atoms with E-state index in [-0.39, 0.29) is 22.8 Å². The van der Waals surface area contributed by atoms with Gasteiger partial charge >= 0.3 is 0 Å². The molecular weight excluding hydrogens is 436 g/mol. The number of ether oxygens (including phenoxy) is 1. The van der Waals surface area contributed by atoms with Gasteiger partial charge in [0.25, 0.3) is 11.2 Å². The number of aliphatic hydroxyl groups is 2. The first kappa shape index (κ1) is 20.6. The molecule has 3 aromatic rings. The topological polar surface area (TPSA) is 182 Å². The van der Waals surface area contributed by atoms with Crippen LogP contribution in [0.25, 0.3) is 11.2 Å². The van der Waals surface area contributed by atoms with Crippen LogP contribution in [0.3, 0.4) is 0 Å². The second kappa shape index (κ2) is 8.23. The summed E-state index contributed by atoms with van der Waals surface area (Å²) in [7, 11) is 2.26. The molecule has 4 atom stereocenters. The van der Waals surface area contributed by atoms with E-state index in [2.05, 4.69) is 15.0 Å². The number of aromatic amines is 1. The SMILES string of the molecule is Nc1nc2c(ncn2[C@@H]2O[C@H](CO)[C@@H](O)[C@H]2SSc2ccccc2[N+](=O)[O-])c(=O)[nH]1. The van der Waals surface area contributed by atoms with Gasteiger partial charge in [0.1, 0.15) is 6.10 Å². The van der Waals surface area contributed by atoms with Gasteiger partial charge in [-0.25, -0.2) is 4.98 Å². The number of H-pyrrole nitrogens is 1. The number of para-hydroxylation sites is 1. The molecule has 1 aliphatic heterocycles. The molecule has 1 fully saturated rings. The highest BCUT2D eigenvalue weighted by atomic mass is 33.1. The van der Waals surface area contributed by atoms with Crippen molar-refractivity contribution < 1.29 is 19.9 Å². The molecule has 0 unspecified atom stereocenters. The Kier molecular flexibility index (Phi) is 5.66. The maximum absolute atomic E-state index is 12.1. The molecule has 5 N–H and O–H groups in total. The van der Waals surface area contributed by atoms with Gasteiger partial charge in [0.15, 0.2) is 17.4 Å². The average molecular weight is 452 g/mol. The highest BCUT2D eigenvalue weighted by Gasteiger charge is 2.46. The first-order valence-electron chi connectivity index (χ1n) is 8.64. The van der Waals surface area contributed by atoms with Crippen molar-refractivity contribution in [1.82, 2.24) is 19.5 Å². The molecule has 4 rings (SSSR count). The molecule has 1 aliphatic rings. The van der Waals surface area contributed by atoms with Crippen LogP contribution in [0.2, 0.25) is 0 Å². The zero-order valence-corrected chi connectivity index (χ0v) is 16.7. The Bertz CT molecular complexity index is 1150. The third kappa shape index (κ3) is 3.63. The van der Waals surface area contributed by atoms with Crippen LogP contribution in [-0.4, -0.2) is 58.7 Å². The van der Waals surface area contributed by atoms with Crippen molar-refractivity contribution in [3.63, 3.8) is 0 Å². The monoisotopic (exact) mass is 452 g/mol. The van der Waals surface area contributed by atoms with Gasteiger partial charge in [0, 0.05) is 6.07 Å². The van der Waals surface area contributed by atoms with Crippen molar-refractivity contribution in [2.45, 2.75) is 28.6 Å². The van der Waals surface area contributed by atoms with E-state index in [0.29, 0.717) is 4.90 Å². The highest BCUT2D eigenvalue weighted by Crippen LogP contribution is 2.47. The van der Waals surface area contributed by atoms with Crippen molar-refractivity contribution in [2.24, 2.45) is 0 Å². The van der Waals surface area contributed by atoms with Crippen molar-refractivity contribution in [3.8, 4) is 0 Å². The smallest absolute Gasteiger partial charge is 0.283 e. The summed E-state index contributed by atoms with van der Waals surface area (Å²) in [5, 5.41) is 30.8. The van der Waals surface area contributed by atoms with Crippen LogP contribution < -0.4 is 11.3 Å². The third-order valence-electron chi connectivity index (χ3n) is 4.53. The Labute approximate surface area is 176 Å². The number of benzene rings is 1. The number of nitrogens with two attached hydrogens (primary N) is 1. The van der Waals surface area contributed by atoms with Crippen LogP contribution >= 0.6 is 21.6 Å². The van der Waals surface area contributed by atoms with E-state index < -0.39 is 40.8 Å². The van der Waals surface area contributed by atoms with Crippen molar-refractivity contribution in [1.29, 1.82) is 0 Å². The zero-order chi connectivity index (χ0) is 21.4. The number of nitro groups is 1. The van der Waals surface area contributed by atoms with E-state index >= 15 is 0 Å². The number of aromatic nitrogens is 4. The van der Waals surface area contributed by atoms with E-state index in [1.165, 1.54) is 17.0 Å². The molecule has 3 heterocycles. The number of nitrogen functional groups attached to an aromatic ring is 1. The summed E-state index contributed by atoms with van der Waals surface area (Å²) in [6.45, 7) is -0.437. The van der Waals surface area contributed by atoms with E-state index in [9.17, 15) is 25.1 Å². The first-order valence-corrected chi connectivity index (χ1v) is 10.9. The third-order valence-corrected chi connectivity index (χ3v) is 7.38. The predicted molar refractivity (Wildman–Crippen MR) is 110 cm³/mol. The van der Waals surface area contributed by atoms with Gasteiger partial charge in [-0.15, -0.1) is 0 Å². The van der Waals surface area contributed by atoms with Gasteiger partial charge in [-0.3, -0.25) is 24.5 Å². The van der Waals surface area contributed by atoms with Crippen LogP contribution in [0, 0.1) is 10.1 Å². The molecule has 30 heavy (non-hydrogen) atoms. The van der Waals surface area contributed by atoms with Crippen LogP contribution in [0.1, 0.15) is 6.23 Å². The van der Waals surface area contributed by atoms with Gasteiger partial charge in [-0.2, -0.15) is 4.98 Å². The number of nitrogens with one attached hydrogen (secondary N) is 1. The Morgan fingerprint density at radius 3 is 2.90 bits per heavy atom. The lowest BCUT2D eigenvalue weighted by Crippen LogP contribution is -2.31. The minimum Gasteiger partial charge on any atom is -0.394 e. The van der Waals surface area contributed by atoms with Crippen LogP contribution in [0.15, 0.2) is 40.3 Å². The van der Waals surface area contributed by atoms with Crippen LogP contribution in [0.4, 0.5) is 11.6 Å². The Hall–Kier alpha value is -2.65. The van der Waals surface area contributed by atoms with Gasteiger partial charge in [0.05, 0.1) is 34.1 Å². The minimum absolute atomic E-state index is 0.0461. The summed E-state index contributed by atoms with van der Waals surface area (Å²) < 4.78 is 7.25. The number of nitro benzene ring substituents is 1. The number of hydrogen-bond donors (Lipinski definition) is 4. The molecule has 2 aromatic heterocycles. The Balaban J connectivity index is 1.68. The van der Waals surface area contributed by atoms with E-state index in [4.69, 9.17) is 10.5 Å². The summed E-state index contributed by atoms with van der Waals surface area (Å²) >= 11 is 0. The van der Waals surface area contributed by atoms with Crippen LogP contribution in [-0.2, 0) is 4.74 Å². The molecule has 14 heteroatoms. The van der Waals surface area contributed by atoms with Gasteiger partial charge in [-0.1, -0.05) is 22.9 Å². The van der Waals surface area contributed by atoms with Crippen LogP contribution in [0.5, 0.6) is 0 Å². The van der Waals surface area contributed by atoms with Crippen molar-refractivity contribution in [2.75, 3.05) is 12.3 Å². The molecule has 0 bridgehead atoms. The maximum Gasteiger partial charge on any atom is 0.283 e. The molecule has 0 amide bonds. The van der Waals surface area contributed by atoms with Crippen molar-refractivity contribution >= 4 is 44.4 Å². The number of rotatable bonds is 6. The lowest BCUT2D eigenvalue weighted by Gasteiger charge is -2.20. The second-order valence-corrected chi connectivity index (χ2v) is 8.80. The molecule has 0 spiro atoms. The molecule has 0 saturated carbocycles. The molecule has 158 valence electrons. The summed E-state index contributed by atoms with van der Waals surface area (Å²) in [5.74, 6) is -0.106. The Morgan fingerprint density at radius 2 is 2.17 bits per heavy atom. The quantitative estimate of drug-likeness (QED) is 0.234. The standard InChI is InChI=1S/C16H16N6O6S2/c17-16-19-13-10(14(25)20-16)18-6-21(13)15-12(11(24)8(5-23)28-15)30-29-9-4-2-1-3-7(9)22(26)27/h1-4,6,8,11-12,15,23-24H,5H2,(H3,17,19,20,25)/t8-,11-,12-,15-/m1/s1. The fourth-order valence-electron chi connectivity index (χ4n) is 3.11. The first-order chi connectivity index (χ1) is 14.4. The second-order valence-electron chi connectivity index (χ2n) is 6.38. The maximum atomic E-state index is 12.1. The fraction of sp³-hybridized carbons (Fsp3) is 0.312. The number of imidazole rings is 1.